The Morgan fingerprint density at radius 1 is 1.54 bits per heavy atom. The van der Waals surface area contributed by atoms with Gasteiger partial charge in [0.2, 0.25) is 0 Å². The standard InChI is InChI=1S/C8H18NO3P/c1-11-13(12-2)6-8(10)7-4-3-5-9-7/h7-10H,3-6H2,1-2H3/t7-,8+/m0/s1. The highest BCUT2D eigenvalue weighted by atomic mass is 31.2. The van der Waals surface area contributed by atoms with Crippen LogP contribution in [0.25, 0.3) is 0 Å². The minimum Gasteiger partial charge on any atom is -0.391 e. The van der Waals surface area contributed by atoms with Crippen LogP contribution in [0, 0.1) is 0 Å². The van der Waals surface area contributed by atoms with E-state index in [0.29, 0.717) is 6.16 Å². The Hall–Kier alpha value is 0.270. The van der Waals surface area contributed by atoms with Crippen molar-refractivity contribution >= 4 is 8.38 Å². The van der Waals surface area contributed by atoms with Gasteiger partial charge >= 0.3 is 0 Å². The molecule has 78 valence electrons. The smallest absolute Gasteiger partial charge is 0.172 e. The Labute approximate surface area is 80.5 Å². The highest BCUT2D eigenvalue weighted by Crippen LogP contribution is 2.37. The minimum absolute atomic E-state index is 0.232. The van der Waals surface area contributed by atoms with Crippen molar-refractivity contribution < 1.29 is 14.2 Å². The van der Waals surface area contributed by atoms with Gasteiger partial charge in [-0.2, -0.15) is 0 Å². The molecule has 1 saturated heterocycles. The van der Waals surface area contributed by atoms with Crippen molar-refractivity contribution in [3.05, 3.63) is 0 Å². The van der Waals surface area contributed by atoms with Crippen molar-refractivity contribution in [3.63, 3.8) is 0 Å². The van der Waals surface area contributed by atoms with Gasteiger partial charge in [-0.25, -0.2) is 0 Å². The minimum atomic E-state index is -0.902. The van der Waals surface area contributed by atoms with Gasteiger partial charge in [0.1, 0.15) is 0 Å². The number of rotatable bonds is 5. The molecule has 1 rings (SSSR count). The molecule has 2 atom stereocenters. The van der Waals surface area contributed by atoms with E-state index < -0.39 is 8.38 Å². The fraction of sp³-hybridized carbons (Fsp3) is 1.00. The van der Waals surface area contributed by atoms with E-state index in [4.69, 9.17) is 9.05 Å². The maximum absolute atomic E-state index is 9.78. The summed E-state index contributed by atoms with van der Waals surface area (Å²) in [6.07, 6.45) is 2.46. The van der Waals surface area contributed by atoms with Gasteiger partial charge in [-0.1, -0.05) is 0 Å². The topological polar surface area (TPSA) is 50.7 Å². The Bertz CT molecular complexity index is 137. The van der Waals surface area contributed by atoms with Crippen LogP contribution in [0.1, 0.15) is 12.8 Å². The molecule has 1 fully saturated rings. The van der Waals surface area contributed by atoms with E-state index in [1.807, 2.05) is 0 Å². The second kappa shape index (κ2) is 5.89. The van der Waals surface area contributed by atoms with Gasteiger partial charge in [-0.3, -0.25) is 0 Å². The molecular formula is C8H18NO3P. The van der Waals surface area contributed by atoms with Gasteiger partial charge in [0.15, 0.2) is 8.38 Å². The van der Waals surface area contributed by atoms with Crippen LogP contribution >= 0.6 is 8.38 Å². The molecule has 5 heteroatoms. The second-order valence-corrected chi connectivity index (χ2v) is 4.91. The van der Waals surface area contributed by atoms with Gasteiger partial charge in [-0.05, 0) is 19.4 Å². The Morgan fingerprint density at radius 3 is 2.69 bits per heavy atom. The summed E-state index contributed by atoms with van der Waals surface area (Å²) in [7, 11) is 2.33. The van der Waals surface area contributed by atoms with Crippen LogP contribution in [0.4, 0.5) is 0 Å². The first-order chi connectivity index (χ1) is 6.27. The number of hydrogen-bond acceptors (Lipinski definition) is 4. The molecule has 0 unspecified atom stereocenters. The third-order valence-electron chi connectivity index (χ3n) is 2.31. The van der Waals surface area contributed by atoms with Gasteiger partial charge in [-0.15, -0.1) is 0 Å². The van der Waals surface area contributed by atoms with Crippen LogP contribution in [-0.4, -0.2) is 44.2 Å². The molecular weight excluding hydrogens is 189 g/mol. The number of aliphatic hydroxyl groups excluding tert-OH is 1. The molecule has 13 heavy (non-hydrogen) atoms. The molecule has 1 aliphatic rings. The quantitative estimate of drug-likeness (QED) is 0.652. The van der Waals surface area contributed by atoms with Crippen molar-refractivity contribution in [1.82, 2.24) is 5.32 Å². The largest absolute Gasteiger partial charge is 0.391 e. The molecule has 0 amide bonds. The van der Waals surface area contributed by atoms with Crippen molar-refractivity contribution in [2.75, 3.05) is 26.9 Å². The monoisotopic (exact) mass is 207 g/mol. The van der Waals surface area contributed by atoms with E-state index in [1.165, 1.54) is 0 Å². The van der Waals surface area contributed by atoms with E-state index >= 15 is 0 Å². The van der Waals surface area contributed by atoms with Crippen molar-refractivity contribution in [3.8, 4) is 0 Å². The SMILES string of the molecule is COP(C[C@@H](O)[C@@H]1CCCN1)OC. The summed E-state index contributed by atoms with van der Waals surface area (Å²) in [6, 6.07) is 0.232. The number of aliphatic hydroxyl groups is 1. The summed E-state index contributed by atoms with van der Waals surface area (Å²) in [5.74, 6) is 0. The van der Waals surface area contributed by atoms with Crippen LogP contribution in [0.3, 0.4) is 0 Å². The highest BCUT2D eigenvalue weighted by Gasteiger charge is 2.25. The van der Waals surface area contributed by atoms with Crippen LogP contribution in [0.5, 0.6) is 0 Å². The predicted octanol–water partition coefficient (Wildman–Crippen LogP) is 0.704. The van der Waals surface area contributed by atoms with E-state index in [9.17, 15) is 5.11 Å². The first-order valence-corrected chi connectivity index (χ1v) is 5.91. The molecule has 0 saturated carbocycles. The fourth-order valence-corrected chi connectivity index (χ4v) is 2.55. The Kier molecular flexibility index (Phi) is 5.14. The first-order valence-electron chi connectivity index (χ1n) is 4.55. The van der Waals surface area contributed by atoms with Crippen molar-refractivity contribution in [2.24, 2.45) is 0 Å². The summed E-state index contributed by atoms with van der Waals surface area (Å²) in [4.78, 5) is 0. The third-order valence-corrected chi connectivity index (χ3v) is 3.79. The summed E-state index contributed by atoms with van der Waals surface area (Å²) >= 11 is 0. The zero-order valence-electron chi connectivity index (χ0n) is 8.19. The first kappa shape index (κ1) is 11.3. The molecule has 0 spiro atoms. The van der Waals surface area contributed by atoms with Gasteiger partial charge in [0.05, 0.1) is 6.10 Å². The second-order valence-electron chi connectivity index (χ2n) is 3.15. The van der Waals surface area contributed by atoms with E-state index in [1.54, 1.807) is 14.2 Å². The fourth-order valence-electron chi connectivity index (χ4n) is 1.54. The average molecular weight is 207 g/mol. The van der Waals surface area contributed by atoms with Crippen molar-refractivity contribution in [2.45, 2.75) is 25.0 Å². The summed E-state index contributed by atoms with van der Waals surface area (Å²) in [6.45, 7) is 1.01. The highest BCUT2D eigenvalue weighted by molar-refractivity contribution is 7.47. The number of nitrogens with one attached hydrogen (secondary N) is 1. The van der Waals surface area contributed by atoms with Crippen LogP contribution in [0.15, 0.2) is 0 Å². The molecule has 2 N–H and O–H groups in total. The maximum atomic E-state index is 9.78. The van der Waals surface area contributed by atoms with Gasteiger partial charge in [0.25, 0.3) is 0 Å². The van der Waals surface area contributed by atoms with Crippen LogP contribution < -0.4 is 5.32 Å². The lowest BCUT2D eigenvalue weighted by Crippen LogP contribution is -2.36. The summed E-state index contributed by atoms with van der Waals surface area (Å²) < 4.78 is 10.2. The Balaban J connectivity index is 2.25. The number of hydrogen-bond donors (Lipinski definition) is 2. The molecule has 1 heterocycles. The van der Waals surface area contributed by atoms with E-state index in [-0.39, 0.29) is 12.1 Å². The summed E-state index contributed by atoms with van der Waals surface area (Å²) in [5.41, 5.74) is 0. The van der Waals surface area contributed by atoms with Crippen LogP contribution in [0.2, 0.25) is 0 Å². The molecule has 0 radical (unpaired) electrons. The third kappa shape index (κ3) is 3.49. The molecule has 1 aliphatic heterocycles. The predicted molar refractivity (Wildman–Crippen MR) is 52.8 cm³/mol. The molecule has 4 nitrogen and oxygen atoms in total. The molecule has 0 aliphatic carbocycles. The summed E-state index contributed by atoms with van der Waals surface area (Å²) in [5, 5.41) is 13.0. The Morgan fingerprint density at radius 2 is 2.23 bits per heavy atom. The lowest BCUT2D eigenvalue weighted by molar-refractivity contribution is 0.151. The van der Waals surface area contributed by atoms with Gasteiger partial charge in [0, 0.05) is 26.4 Å². The average Bonchev–Trinajstić information content (AvgIpc) is 2.66. The van der Waals surface area contributed by atoms with Crippen molar-refractivity contribution in [1.29, 1.82) is 0 Å². The molecule has 0 aromatic heterocycles. The van der Waals surface area contributed by atoms with Crippen LogP contribution in [-0.2, 0) is 9.05 Å². The normalized spacial score (nSPS) is 25.4. The molecule has 0 aromatic rings. The lowest BCUT2D eigenvalue weighted by Gasteiger charge is -2.21. The maximum Gasteiger partial charge on any atom is 0.172 e. The lowest BCUT2D eigenvalue weighted by atomic mass is 10.1. The zero-order chi connectivity index (χ0) is 9.68. The van der Waals surface area contributed by atoms with E-state index in [0.717, 1.165) is 19.4 Å². The molecule has 0 bridgehead atoms. The molecule has 0 aromatic carbocycles. The van der Waals surface area contributed by atoms with Gasteiger partial charge < -0.3 is 19.5 Å². The zero-order valence-corrected chi connectivity index (χ0v) is 9.09. The van der Waals surface area contributed by atoms with E-state index in [2.05, 4.69) is 5.32 Å².